The molecule has 34 heavy (non-hydrogen) atoms. The predicted molar refractivity (Wildman–Crippen MR) is 126 cm³/mol. The molecule has 0 aliphatic carbocycles. The Morgan fingerprint density at radius 3 is 2.56 bits per heavy atom. The number of anilines is 1. The highest BCUT2D eigenvalue weighted by Gasteiger charge is 2.30. The quantitative estimate of drug-likeness (QED) is 0.425. The standard InChI is InChI=1S/C23H30N6O5/c1-5-6-24-22-20-23(26-13-25-22)29(14-27-20)19-11-28(10-16(12-30)34-19)9-15-7-17(31-2)21(33-4)18(8-15)32-3/h5,7-8,13-14,16,19,30H,1,6,9-12H2,2-4H3,(H,24,25,26)/t16-,19+/m0/s1. The van der Waals surface area contributed by atoms with Gasteiger partial charge in [-0.25, -0.2) is 15.0 Å². The minimum Gasteiger partial charge on any atom is -0.493 e. The maximum Gasteiger partial charge on any atom is 0.203 e. The maximum atomic E-state index is 9.90. The number of nitrogens with one attached hydrogen (secondary N) is 1. The third-order valence-electron chi connectivity index (χ3n) is 5.64. The monoisotopic (exact) mass is 470 g/mol. The smallest absolute Gasteiger partial charge is 0.203 e. The molecule has 2 N–H and O–H groups in total. The molecule has 0 radical (unpaired) electrons. The summed E-state index contributed by atoms with van der Waals surface area (Å²) in [4.78, 5) is 15.4. The Kier molecular flexibility index (Phi) is 7.46. The zero-order chi connectivity index (χ0) is 24.1. The van der Waals surface area contributed by atoms with Crippen LogP contribution in [0.5, 0.6) is 17.2 Å². The van der Waals surface area contributed by atoms with Crippen LogP contribution in [0.4, 0.5) is 5.82 Å². The van der Waals surface area contributed by atoms with E-state index >= 15 is 0 Å². The van der Waals surface area contributed by atoms with Crippen LogP contribution >= 0.6 is 0 Å². The number of fused-ring (bicyclic) bond motifs is 1. The lowest BCUT2D eigenvalue weighted by molar-refractivity contribution is -0.135. The van der Waals surface area contributed by atoms with Crippen molar-refractivity contribution in [2.75, 3.05) is 52.9 Å². The number of aliphatic hydroxyl groups excluding tert-OH is 1. The summed E-state index contributed by atoms with van der Waals surface area (Å²) in [5.74, 6) is 2.37. The molecule has 1 aliphatic heterocycles. The molecule has 11 nitrogen and oxygen atoms in total. The normalized spacial score (nSPS) is 18.6. The number of methoxy groups -OCH3 is 3. The fourth-order valence-electron chi connectivity index (χ4n) is 4.12. The van der Waals surface area contributed by atoms with E-state index in [0.29, 0.717) is 60.4 Å². The van der Waals surface area contributed by atoms with E-state index in [1.165, 1.54) is 6.33 Å². The van der Waals surface area contributed by atoms with Crippen molar-refractivity contribution in [1.29, 1.82) is 0 Å². The molecule has 0 bridgehead atoms. The van der Waals surface area contributed by atoms with E-state index in [9.17, 15) is 5.11 Å². The van der Waals surface area contributed by atoms with Crippen molar-refractivity contribution in [2.24, 2.45) is 0 Å². The van der Waals surface area contributed by atoms with E-state index in [2.05, 4.69) is 31.7 Å². The van der Waals surface area contributed by atoms with Crippen molar-refractivity contribution in [3.8, 4) is 17.2 Å². The van der Waals surface area contributed by atoms with Crippen molar-refractivity contribution >= 4 is 17.0 Å². The van der Waals surface area contributed by atoms with Crippen LogP contribution in [-0.2, 0) is 11.3 Å². The zero-order valence-corrected chi connectivity index (χ0v) is 19.6. The number of nitrogens with zero attached hydrogens (tertiary/aromatic N) is 5. The highest BCUT2D eigenvalue weighted by atomic mass is 16.5. The average Bonchev–Trinajstić information content (AvgIpc) is 3.31. The number of hydrogen-bond donors (Lipinski definition) is 2. The van der Waals surface area contributed by atoms with Crippen LogP contribution in [0.1, 0.15) is 11.8 Å². The lowest BCUT2D eigenvalue weighted by Gasteiger charge is -2.38. The molecule has 0 amide bonds. The van der Waals surface area contributed by atoms with Crippen LogP contribution in [0.2, 0.25) is 0 Å². The van der Waals surface area contributed by atoms with Crippen molar-refractivity contribution in [3.63, 3.8) is 0 Å². The van der Waals surface area contributed by atoms with Gasteiger partial charge < -0.3 is 29.4 Å². The van der Waals surface area contributed by atoms with Crippen LogP contribution in [0, 0.1) is 0 Å². The topological polar surface area (TPSA) is 116 Å². The second-order valence-electron chi connectivity index (χ2n) is 7.84. The SMILES string of the molecule is C=CCNc1ncnc2c1ncn2[C@H]1CN(Cc2cc(OC)c(OC)c(OC)c2)C[C@@H](CO)O1. The van der Waals surface area contributed by atoms with Crippen molar-refractivity contribution in [3.05, 3.63) is 43.0 Å². The Balaban J connectivity index is 1.60. The minimum absolute atomic E-state index is 0.101. The van der Waals surface area contributed by atoms with Gasteiger partial charge in [-0.3, -0.25) is 9.47 Å². The van der Waals surface area contributed by atoms with Gasteiger partial charge in [0.05, 0.1) is 40.4 Å². The van der Waals surface area contributed by atoms with Crippen LogP contribution in [0.3, 0.4) is 0 Å². The summed E-state index contributed by atoms with van der Waals surface area (Å²) in [6, 6.07) is 3.86. The first-order valence-electron chi connectivity index (χ1n) is 10.9. The molecular formula is C23H30N6O5. The number of rotatable bonds is 10. The molecule has 2 aromatic heterocycles. The number of benzene rings is 1. The molecule has 11 heteroatoms. The molecule has 1 aliphatic rings. The molecule has 1 fully saturated rings. The number of hydrogen-bond acceptors (Lipinski definition) is 10. The largest absolute Gasteiger partial charge is 0.493 e. The summed E-state index contributed by atoms with van der Waals surface area (Å²) in [5.41, 5.74) is 2.29. The molecule has 4 rings (SSSR count). The van der Waals surface area contributed by atoms with Crippen molar-refractivity contribution in [1.82, 2.24) is 24.4 Å². The summed E-state index contributed by atoms with van der Waals surface area (Å²) in [6.07, 6.45) is 4.19. The van der Waals surface area contributed by atoms with E-state index in [1.807, 2.05) is 16.7 Å². The first-order chi connectivity index (χ1) is 16.6. The van der Waals surface area contributed by atoms with Gasteiger partial charge in [-0.1, -0.05) is 6.08 Å². The number of imidazole rings is 1. The van der Waals surface area contributed by atoms with Gasteiger partial charge in [-0.05, 0) is 17.7 Å². The highest BCUT2D eigenvalue weighted by molar-refractivity contribution is 5.82. The third-order valence-corrected chi connectivity index (χ3v) is 5.64. The Hall–Kier alpha value is -3.41. The van der Waals surface area contributed by atoms with Gasteiger partial charge in [-0.2, -0.15) is 0 Å². The lowest BCUT2D eigenvalue weighted by atomic mass is 10.1. The number of aromatic nitrogens is 4. The van der Waals surface area contributed by atoms with Crippen LogP contribution in [0.15, 0.2) is 37.4 Å². The van der Waals surface area contributed by atoms with Crippen LogP contribution in [-0.4, -0.2) is 83.2 Å². The van der Waals surface area contributed by atoms with E-state index in [0.717, 1.165) is 5.56 Å². The number of aliphatic hydroxyl groups is 1. The van der Waals surface area contributed by atoms with Gasteiger partial charge >= 0.3 is 0 Å². The molecule has 1 aromatic carbocycles. The predicted octanol–water partition coefficient (Wildman–Crippen LogP) is 1.84. The highest BCUT2D eigenvalue weighted by Crippen LogP contribution is 2.38. The molecule has 182 valence electrons. The maximum absolute atomic E-state index is 9.90. The molecule has 0 unspecified atom stereocenters. The summed E-state index contributed by atoms with van der Waals surface area (Å²) < 4.78 is 24.5. The Bertz CT molecular complexity index is 1110. The zero-order valence-electron chi connectivity index (χ0n) is 19.6. The molecule has 0 spiro atoms. The Labute approximate surface area is 197 Å². The van der Waals surface area contributed by atoms with Gasteiger partial charge in [0, 0.05) is 26.2 Å². The summed E-state index contributed by atoms with van der Waals surface area (Å²) in [6.45, 7) is 5.92. The van der Waals surface area contributed by atoms with Crippen molar-refractivity contribution < 1.29 is 24.1 Å². The van der Waals surface area contributed by atoms with E-state index in [4.69, 9.17) is 18.9 Å². The molecule has 3 aromatic rings. The van der Waals surface area contributed by atoms with Crippen LogP contribution in [0.25, 0.3) is 11.2 Å². The van der Waals surface area contributed by atoms with Gasteiger partial charge in [0.25, 0.3) is 0 Å². The average molecular weight is 471 g/mol. The number of ether oxygens (including phenoxy) is 4. The van der Waals surface area contributed by atoms with Gasteiger partial charge in [0.2, 0.25) is 5.75 Å². The minimum atomic E-state index is -0.389. The van der Waals surface area contributed by atoms with Gasteiger partial charge in [0.15, 0.2) is 28.5 Å². The first kappa shape index (κ1) is 23.7. The van der Waals surface area contributed by atoms with Gasteiger partial charge in [-0.15, -0.1) is 6.58 Å². The van der Waals surface area contributed by atoms with E-state index in [-0.39, 0.29) is 18.9 Å². The molecule has 0 saturated carbocycles. The van der Waals surface area contributed by atoms with Gasteiger partial charge in [0.1, 0.15) is 12.6 Å². The summed E-state index contributed by atoms with van der Waals surface area (Å²) in [5, 5.41) is 13.1. The molecule has 2 atom stereocenters. The fraction of sp³-hybridized carbons (Fsp3) is 0.435. The third kappa shape index (κ3) is 4.76. The van der Waals surface area contributed by atoms with Crippen molar-refractivity contribution in [2.45, 2.75) is 18.9 Å². The fourth-order valence-corrected chi connectivity index (χ4v) is 4.12. The molecule has 3 heterocycles. The van der Waals surface area contributed by atoms with Crippen LogP contribution < -0.4 is 19.5 Å². The number of morpholine rings is 1. The second-order valence-corrected chi connectivity index (χ2v) is 7.84. The molecule has 1 saturated heterocycles. The van der Waals surface area contributed by atoms with E-state index < -0.39 is 0 Å². The van der Waals surface area contributed by atoms with E-state index in [1.54, 1.807) is 33.7 Å². The summed E-state index contributed by atoms with van der Waals surface area (Å²) in [7, 11) is 4.77. The Morgan fingerprint density at radius 1 is 1.15 bits per heavy atom. The lowest BCUT2D eigenvalue weighted by Crippen LogP contribution is -2.46. The summed E-state index contributed by atoms with van der Waals surface area (Å²) >= 11 is 0. The first-order valence-corrected chi connectivity index (χ1v) is 10.9. The molecular weight excluding hydrogens is 440 g/mol. The second kappa shape index (κ2) is 10.7. The Morgan fingerprint density at radius 2 is 1.91 bits per heavy atom.